The smallest absolute Gasteiger partial charge is 0.435 e. The van der Waals surface area contributed by atoms with Crippen LogP contribution >= 0.6 is 23.4 Å². The van der Waals surface area contributed by atoms with E-state index in [9.17, 15) is 13.2 Å². The summed E-state index contributed by atoms with van der Waals surface area (Å²) in [5.74, 6) is 1.22. The van der Waals surface area contributed by atoms with E-state index in [1.54, 1.807) is 47.2 Å². The van der Waals surface area contributed by atoms with Gasteiger partial charge in [-0.1, -0.05) is 11.6 Å². The fourth-order valence-corrected chi connectivity index (χ4v) is 3.37. The highest BCUT2D eigenvalue weighted by atomic mass is 35.5. The quantitative estimate of drug-likeness (QED) is 0.427. The molecule has 0 fully saturated rings. The molecule has 0 aliphatic carbocycles. The Morgan fingerprint density at radius 1 is 0.966 bits per heavy atom. The molecular weight excluding hydrogens is 427 g/mol. The zero-order chi connectivity index (χ0) is 20.4. The molecule has 0 amide bonds. The van der Waals surface area contributed by atoms with Gasteiger partial charge in [-0.3, -0.25) is 4.57 Å². The summed E-state index contributed by atoms with van der Waals surface area (Å²) in [4.78, 5) is 0. The number of rotatable bonds is 5. The zero-order valence-corrected chi connectivity index (χ0v) is 16.0. The number of alkyl halides is 3. The first-order chi connectivity index (χ1) is 13.9. The SMILES string of the molecule is FC(F)(F)c1ccc(Sc2nnc(-c3ccc(Cl)cc3)n2Cc2ccco2)nn1. The third-order valence-corrected chi connectivity index (χ3v) is 5.00. The lowest BCUT2D eigenvalue weighted by Crippen LogP contribution is -2.09. The maximum Gasteiger partial charge on any atom is 0.435 e. The number of halogens is 4. The van der Waals surface area contributed by atoms with Crippen LogP contribution < -0.4 is 0 Å². The van der Waals surface area contributed by atoms with Gasteiger partial charge < -0.3 is 4.42 Å². The lowest BCUT2D eigenvalue weighted by Gasteiger charge is -2.09. The summed E-state index contributed by atoms with van der Waals surface area (Å²) >= 11 is 7.01. The topological polar surface area (TPSA) is 69.6 Å². The monoisotopic (exact) mass is 437 g/mol. The maximum absolute atomic E-state index is 12.7. The number of hydrogen-bond donors (Lipinski definition) is 0. The Morgan fingerprint density at radius 3 is 2.38 bits per heavy atom. The van der Waals surface area contributed by atoms with Gasteiger partial charge in [0, 0.05) is 10.6 Å². The summed E-state index contributed by atoms with van der Waals surface area (Å²) in [6.07, 6.45) is -2.99. The van der Waals surface area contributed by atoms with Crippen molar-refractivity contribution < 1.29 is 17.6 Å². The molecule has 6 nitrogen and oxygen atoms in total. The van der Waals surface area contributed by atoms with Crippen molar-refractivity contribution >= 4 is 23.4 Å². The van der Waals surface area contributed by atoms with Crippen LogP contribution in [0, 0.1) is 0 Å². The third-order valence-electron chi connectivity index (χ3n) is 3.84. The fourth-order valence-electron chi connectivity index (χ4n) is 2.50. The minimum atomic E-state index is -4.54. The van der Waals surface area contributed by atoms with Gasteiger partial charge in [0.25, 0.3) is 0 Å². The van der Waals surface area contributed by atoms with E-state index in [0.717, 1.165) is 23.4 Å². The van der Waals surface area contributed by atoms with Gasteiger partial charge in [0.1, 0.15) is 10.8 Å². The molecule has 0 saturated heterocycles. The maximum atomic E-state index is 12.7. The van der Waals surface area contributed by atoms with Crippen molar-refractivity contribution in [3.8, 4) is 11.4 Å². The van der Waals surface area contributed by atoms with E-state index in [2.05, 4.69) is 20.4 Å². The Balaban J connectivity index is 1.68. The molecule has 1 aromatic carbocycles. The molecule has 0 bridgehead atoms. The molecule has 29 heavy (non-hydrogen) atoms. The molecule has 148 valence electrons. The summed E-state index contributed by atoms with van der Waals surface area (Å²) in [7, 11) is 0. The number of aromatic nitrogens is 5. The summed E-state index contributed by atoms with van der Waals surface area (Å²) in [6, 6.07) is 12.8. The summed E-state index contributed by atoms with van der Waals surface area (Å²) < 4.78 is 45.3. The van der Waals surface area contributed by atoms with Gasteiger partial charge in [-0.05, 0) is 60.3 Å². The van der Waals surface area contributed by atoms with E-state index >= 15 is 0 Å². The van der Waals surface area contributed by atoms with E-state index in [4.69, 9.17) is 16.0 Å². The Morgan fingerprint density at radius 2 is 1.76 bits per heavy atom. The first kappa shape index (κ1) is 19.5. The second kappa shape index (κ2) is 7.88. The van der Waals surface area contributed by atoms with Gasteiger partial charge in [0.2, 0.25) is 0 Å². The van der Waals surface area contributed by atoms with Crippen molar-refractivity contribution in [2.24, 2.45) is 0 Å². The molecule has 0 saturated carbocycles. The minimum absolute atomic E-state index is 0.258. The van der Waals surface area contributed by atoms with Gasteiger partial charge in [0.05, 0.1) is 12.8 Å². The molecule has 3 aromatic heterocycles. The van der Waals surface area contributed by atoms with Crippen molar-refractivity contribution in [2.45, 2.75) is 22.9 Å². The van der Waals surface area contributed by atoms with Crippen molar-refractivity contribution in [3.63, 3.8) is 0 Å². The predicted octanol–water partition coefficient (Wildman–Crippen LogP) is 5.20. The Labute approximate surface area is 171 Å². The minimum Gasteiger partial charge on any atom is -0.467 e. The van der Waals surface area contributed by atoms with Crippen LogP contribution in [0.2, 0.25) is 5.02 Å². The first-order valence-corrected chi connectivity index (χ1v) is 9.40. The molecule has 11 heteroatoms. The molecule has 0 spiro atoms. The highest BCUT2D eigenvalue weighted by Crippen LogP contribution is 2.31. The summed E-state index contributed by atoms with van der Waals surface area (Å²) in [6.45, 7) is 0.328. The molecule has 0 unspecified atom stereocenters. The Hall–Kier alpha value is -2.85. The van der Waals surface area contributed by atoms with Gasteiger partial charge in [-0.2, -0.15) is 13.2 Å². The van der Waals surface area contributed by atoms with E-state index < -0.39 is 11.9 Å². The molecule has 0 aliphatic heterocycles. The van der Waals surface area contributed by atoms with Crippen LogP contribution in [-0.2, 0) is 12.7 Å². The molecule has 0 atom stereocenters. The fraction of sp³-hybridized carbons (Fsp3) is 0.111. The lowest BCUT2D eigenvalue weighted by atomic mass is 10.2. The van der Waals surface area contributed by atoms with Gasteiger partial charge in [0.15, 0.2) is 16.7 Å². The van der Waals surface area contributed by atoms with Crippen LogP contribution in [0.3, 0.4) is 0 Å². The van der Waals surface area contributed by atoms with Crippen LogP contribution in [0.25, 0.3) is 11.4 Å². The number of nitrogens with zero attached hydrogens (tertiary/aromatic N) is 5. The van der Waals surface area contributed by atoms with Crippen LogP contribution in [0.15, 0.2) is 69.4 Å². The van der Waals surface area contributed by atoms with E-state index in [1.165, 1.54) is 6.07 Å². The Kier molecular flexibility index (Phi) is 5.29. The lowest BCUT2D eigenvalue weighted by molar-refractivity contribution is -0.141. The van der Waals surface area contributed by atoms with E-state index in [1.807, 2.05) is 0 Å². The highest BCUT2D eigenvalue weighted by Gasteiger charge is 2.33. The summed E-state index contributed by atoms with van der Waals surface area (Å²) in [5, 5.41) is 16.6. The van der Waals surface area contributed by atoms with Gasteiger partial charge in [-0.25, -0.2) is 0 Å². The van der Waals surface area contributed by atoms with Crippen molar-refractivity contribution in [2.75, 3.05) is 0 Å². The van der Waals surface area contributed by atoms with Gasteiger partial charge >= 0.3 is 6.18 Å². The largest absolute Gasteiger partial charge is 0.467 e. The van der Waals surface area contributed by atoms with Crippen LogP contribution in [0.4, 0.5) is 13.2 Å². The second-order valence-electron chi connectivity index (χ2n) is 5.84. The number of hydrogen-bond acceptors (Lipinski definition) is 6. The highest BCUT2D eigenvalue weighted by molar-refractivity contribution is 7.99. The second-order valence-corrected chi connectivity index (χ2v) is 7.26. The Bertz CT molecular complexity index is 1100. The van der Waals surface area contributed by atoms with E-state index in [0.29, 0.717) is 28.3 Å². The number of benzene rings is 1. The van der Waals surface area contributed by atoms with Crippen molar-refractivity contribution in [3.05, 3.63) is 71.3 Å². The average molecular weight is 438 g/mol. The standard InChI is InChI=1S/C18H11ClF3N5OS/c19-12-5-3-11(4-6-12)16-25-26-17(27(16)10-13-2-1-9-28-13)29-15-8-7-14(23-24-15)18(20,21)22/h1-9H,10H2. The van der Waals surface area contributed by atoms with Crippen LogP contribution in [0.1, 0.15) is 11.5 Å². The molecule has 0 aliphatic rings. The first-order valence-electron chi connectivity index (χ1n) is 8.20. The summed E-state index contributed by atoms with van der Waals surface area (Å²) in [5.41, 5.74) is -0.278. The molecular formula is C18H11ClF3N5OS. The van der Waals surface area contributed by atoms with E-state index in [-0.39, 0.29) is 5.03 Å². The molecule has 4 rings (SSSR count). The zero-order valence-electron chi connectivity index (χ0n) is 14.5. The van der Waals surface area contributed by atoms with Crippen molar-refractivity contribution in [1.82, 2.24) is 25.0 Å². The average Bonchev–Trinajstić information content (AvgIpc) is 3.33. The normalized spacial score (nSPS) is 11.7. The van der Waals surface area contributed by atoms with Crippen LogP contribution in [0.5, 0.6) is 0 Å². The molecule has 0 radical (unpaired) electrons. The predicted molar refractivity (Wildman–Crippen MR) is 99.4 cm³/mol. The molecule has 0 N–H and O–H groups in total. The molecule has 3 heterocycles. The number of furan rings is 1. The van der Waals surface area contributed by atoms with Crippen LogP contribution in [-0.4, -0.2) is 25.0 Å². The van der Waals surface area contributed by atoms with Gasteiger partial charge in [-0.15, -0.1) is 20.4 Å². The molecule has 4 aromatic rings. The third kappa shape index (κ3) is 4.43. The van der Waals surface area contributed by atoms with Crippen molar-refractivity contribution in [1.29, 1.82) is 0 Å².